The van der Waals surface area contributed by atoms with Crippen LogP contribution in [0.2, 0.25) is 0 Å². The van der Waals surface area contributed by atoms with Crippen LogP contribution in [0.1, 0.15) is 45.8 Å². The molecule has 4 rings (SSSR count). The Bertz CT molecular complexity index is 1570. The van der Waals surface area contributed by atoms with E-state index in [4.69, 9.17) is 4.74 Å². The van der Waals surface area contributed by atoms with E-state index in [1.165, 1.54) is 25.1 Å². The number of nitrogens with zero attached hydrogens (tertiary/aromatic N) is 3. The highest BCUT2D eigenvalue weighted by molar-refractivity contribution is 7.90. The molecule has 1 amide bonds. The highest BCUT2D eigenvalue weighted by Crippen LogP contribution is 2.58. The van der Waals surface area contributed by atoms with Crippen LogP contribution in [0, 0.1) is 13.8 Å². The van der Waals surface area contributed by atoms with Crippen molar-refractivity contribution >= 4 is 21.4 Å². The van der Waals surface area contributed by atoms with Crippen LogP contribution in [0.15, 0.2) is 41.3 Å². The fourth-order valence-corrected chi connectivity index (χ4v) is 4.61. The zero-order valence-electron chi connectivity index (χ0n) is 20.5. The van der Waals surface area contributed by atoms with Crippen LogP contribution < -0.4 is 10.1 Å². The first-order chi connectivity index (χ1) is 17.9. The molecule has 1 aromatic carbocycles. The van der Waals surface area contributed by atoms with Crippen molar-refractivity contribution in [2.45, 2.75) is 49.4 Å². The second kappa shape index (κ2) is 9.47. The van der Waals surface area contributed by atoms with Gasteiger partial charge in [0.1, 0.15) is 11.0 Å². The van der Waals surface area contributed by atoms with Gasteiger partial charge in [-0.1, -0.05) is 6.07 Å². The number of ether oxygens (including phenoxy) is 1. The normalized spacial score (nSPS) is 15.1. The molecule has 0 unspecified atom stereocenters. The maximum atomic E-state index is 13.5. The van der Waals surface area contributed by atoms with E-state index in [1.54, 1.807) is 0 Å². The quantitative estimate of drug-likeness (QED) is 0.385. The van der Waals surface area contributed by atoms with E-state index in [2.05, 4.69) is 20.5 Å². The second-order valence-electron chi connectivity index (χ2n) is 9.07. The molecule has 0 radical (unpaired) electrons. The number of hydrogen-bond donors (Lipinski definition) is 1. The number of aromatic nitrogens is 3. The molecule has 1 fully saturated rings. The lowest BCUT2D eigenvalue weighted by molar-refractivity contribution is -0.161. The lowest BCUT2D eigenvalue weighted by Crippen LogP contribution is -2.29. The first kappa shape index (κ1) is 28.3. The van der Waals surface area contributed by atoms with E-state index in [-0.39, 0.29) is 40.6 Å². The zero-order chi connectivity index (χ0) is 29.0. The first-order valence-electron chi connectivity index (χ1n) is 11.2. The van der Waals surface area contributed by atoms with Gasteiger partial charge >= 0.3 is 12.4 Å². The number of carbonyl (C=O) groups is 1. The average Bonchev–Trinajstić information content (AvgIpc) is 3.61. The van der Waals surface area contributed by atoms with Gasteiger partial charge in [-0.15, -0.1) is 10.2 Å². The van der Waals surface area contributed by atoms with Crippen molar-refractivity contribution in [1.29, 1.82) is 0 Å². The SMILES string of the molecule is Cc1nc(C2(C(F)(F)F)CC2)ccc1Oc1nnc(C(F)(F)F)c(C)c1C(=O)Nc1cccc(S(C)(=O)=O)c1. The van der Waals surface area contributed by atoms with Gasteiger partial charge in [-0.2, -0.15) is 26.3 Å². The molecule has 1 aliphatic rings. The molecule has 0 spiro atoms. The lowest BCUT2D eigenvalue weighted by Gasteiger charge is -2.20. The molecule has 15 heteroatoms. The number of nitrogens with one attached hydrogen (secondary N) is 1. The number of anilines is 1. The highest BCUT2D eigenvalue weighted by Gasteiger charge is 2.65. The molecule has 3 aromatic rings. The Kier molecular flexibility index (Phi) is 6.86. The molecule has 0 saturated heterocycles. The Hall–Kier alpha value is -3.75. The topological polar surface area (TPSA) is 111 Å². The van der Waals surface area contributed by atoms with Crippen molar-refractivity contribution in [3.63, 3.8) is 0 Å². The summed E-state index contributed by atoms with van der Waals surface area (Å²) in [6.07, 6.45) is -8.80. The Morgan fingerprint density at radius 2 is 1.69 bits per heavy atom. The molecule has 1 aliphatic carbocycles. The van der Waals surface area contributed by atoms with Crippen molar-refractivity contribution in [3.8, 4) is 11.6 Å². The minimum absolute atomic E-state index is 0.0189. The first-order valence-corrected chi connectivity index (χ1v) is 13.1. The van der Waals surface area contributed by atoms with Gasteiger partial charge in [0.25, 0.3) is 11.8 Å². The van der Waals surface area contributed by atoms with Gasteiger partial charge in [0, 0.05) is 11.9 Å². The molecule has 2 heterocycles. The Labute approximate surface area is 218 Å². The van der Waals surface area contributed by atoms with Crippen LogP contribution in [0.3, 0.4) is 0 Å². The smallest absolute Gasteiger partial charge is 0.435 e. The highest BCUT2D eigenvalue weighted by atomic mass is 32.2. The number of alkyl halides is 6. The third-order valence-electron chi connectivity index (χ3n) is 6.23. The molecule has 0 bridgehead atoms. The van der Waals surface area contributed by atoms with Crippen LogP contribution in [0.25, 0.3) is 0 Å². The monoisotopic (exact) mass is 574 g/mol. The molecule has 2 aromatic heterocycles. The van der Waals surface area contributed by atoms with Gasteiger partial charge in [-0.3, -0.25) is 9.78 Å². The standard InChI is InChI=1S/C24H20F6N4O4S/c1-12-18(20(35)32-14-5-4-6-15(11-14)39(3,36)37)21(34-33-19(12)23(25,26)27)38-16-7-8-17(31-13(16)2)22(9-10-22)24(28,29)30/h4-8,11H,9-10H2,1-3H3,(H,32,35). The van der Waals surface area contributed by atoms with Crippen molar-refractivity contribution < 1.29 is 44.3 Å². The van der Waals surface area contributed by atoms with E-state index < -0.39 is 56.2 Å². The van der Waals surface area contributed by atoms with Crippen LogP contribution in [-0.4, -0.2) is 41.9 Å². The summed E-state index contributed by atoms with van der Waals surface area (Å²) in [4.78, 5) is 17.0. The van der Waals surface area contributed by atoms with Crippen LogP contribution in [0.5, 0.6) is 11.6 Å². The molecular formula is C24H20F6N4O4S. The fraction of sp³-hybridized carbons (Fsp3) is 0.333. The average molecular weight is 575 g/mol. The van der Waals surface area contributed by atoms with Crippen molar-refractivity contribution in [2.24, 2.45) is 0 Å². The summed E-state index contributed by atoms with van der Waals surface area (Å²) >= 11 is 0. The number of benzene rings is 1. The fourth-order valence-electron chi connectivity index (χ4n) is 3.94. The third-order valence-corrected chi connectivity index (χ3v) is 7.34. The summed E-state index contributed by atoms with van der Waals surface area (Å²) < 4.78 is 110. The van der Waals surface area contributed by atoms with E-state index in [0.717, 1.165) is 31.4 Å². The van der Waals surface area contributed by atoms with Crippen molar-refractivity contribution in [2.75, 3.05) is 11.6 Å². The summed E-state index contributed by atoms with van der Waals surface area (Å²) in [5.41, 5.74) is -5.11. The van der Waals surface area contributed by atoms with Crippen LogP contribution in [0.4, 0.5) is 32.0 Å². The van der Waals surface area contributed by atoms with Gasteiger partial charge in [0.2, 0.25) is 0 Å². The number of carbonyl (C=O) groups excluding carboxylic acids is 1. The minimum Gasteiger partial charge on any atom is -0.435 e. The molecule has 208 valence electrons. The van der Waals surface area contributed by atoms with Gasteiger partial charge in [-0.05, 0) is 62.6 Å². The Balaban J connectivity index is 1.73. The molecule has 0 atom stereocenters. The molecule has 0 aliphatic heterocycles. The van der Waals surface area contributed by atoms with Gasteiger partial charge in [-0.25, -0.2) is 8.42 Å². The number of halogens is 6. The molecule has 39 heavy (non-hydrogen) atoms. The second-order valence-corrected chi connectivity index (χ2v) is 11.1. The predicted octanol–water partition coefficient (Wildman–Crippen LogP) is 5.55. The number of amides is 1. The number of hydrogen-bond acceptors (Lipinski definition) is 7. The van der Waals surface area contributed by atoms with E-state index in [9.17, 15) is 39.6 Å². The lowest BCUT2D eigenvalue weighted by atomic mass is 10.0. The van der Waals surface area contributed by atoms with E-state index in [0.29, 0.717) is 0 Å². The van der Waals surface area contributed by atoms with Crippen LogP contribution >= 0.6 is 0 Å². The summed E-state index contributed by atoms with van der Waals surface area (Å²) in [5, 5.41) is 8.90. The van der Waals surface area contributed by atoms with Gasteiger partial charge in [0.05, 0.1) is 16.3 Å². The molecular weight excluding hydrogens is 554 g/mol. The summed E-state index contributed by atoms with van der Waals surface area (Å²) in [7, 11) is -3.66. The number of aryl methyl sites for hydroxylation is 1. The van der Waals surface area contributed by atoms with E-state index >= 15 is 0 Å². The number of pyridine rings is 1. The van der Waals surface area contributed by atoms with Gasteiger partial charge in [0.15, 0.2) is 21.3 Å². The zero-order valence-corrected chi connectivity index (χ0v) is 21.3. The van der Waals surface area contributed by atoms with Gasteiger partial charge < -0.3 is 10.1 Å². The summed E-state index contributed by atoms with van der Waals surface area (Å²) in [6.45, 7) is 2.31. The predicted molar refractivity (Wildman–Crippen MR) is 125 cm³/mol. The Morgan fingerprint density at radius 1 is 1.03 bits per heavy atom. The van der Waals surface area contributed by atoms with Crippen molar-refractivity contribution in [3.05, 3.63) is 64.6 Å². The maximum absolute atomic E-state index is 13.5. The molecule has 8 nitrogen and oxygen atoms in total. The van der Waals surface area contributed by atoms with Crippen LogP contribution in [-0.2, 0) is 21.4 Å². The van der Waals surface area contributed by atoms with Crippen molar-refractivity contribution in [1.82, 2.24) is 15.2 Å². The molecule has 1 N–H and O–H groups in total. The van der Waals surface area contributed by atoms with E-state index in [1.807, 2.05) is 0 Å². The Morgan fingerprint density at radius 3 is 2.23 bits per heavy atom. The third kappa shape index (κ3) is 5.53. The maximum Gasteiger partial charge on any atom is 0.435 e. The number of sulfone groups is 1. The number of rotatable bonds is 6. The summed E-state index contributed by atoms with van der Waals surface area (Å²) in [5.74, 6) is -1.94. The molecule has 1 saturated carbocycles. The largest absolute Gasteiger partial charge is 0.435 e. The summed E-state index contributed by atoms with van der Waals surface area (Å²) in [6, 6.07) is 7.29. The minimum atomic E-state index is -4.98.